The number of thioether (sulfide) groups is 1. The van der Waals surface area contributed by atoms with Gasteiger partial charge in [0, 0.05) is 10.5 Å². The summed E-state index contributed by atoms with van der Waals surface area (Å²) in [6.07, 6.45) is 1.58. The molecule has 0 atom stereocenters. The molecule has 38 heavy (non-hydrogen) atoms. The number of benzene rings is 3. The molecule has 0 saturated heterocycles. The van der Waals surface area contributed by atoms with Gasteiger partial charge in [-0.3, -0.25) is 0 Å². The van der Waals surface area contributed by atoms with Crippen molar-refractivity contribution in [2.75, 3.05) is 19.5 Å². The van der Waals surface area contributed by atoms with Crippen LogP contribution in [-0.4, -0.2) is 37.4 Å². The normalized spacial score (nSPS) is 10.4. The molecule has 0 aliphatic heterocycles. The first-order valence-electron chi connectivity index (χ1n) is 12.0. The Morgan fingerprint density at radius 3 is 2.00 bits per heavy atom. The van der Waals surface area contributed by atoms with E-state index in [1.807, 2.05) is 25.1 Å². The number of hydrogen-bond acceptors (Lipinski definition) is 8. The molecular weight excluding hydrogens is 504 g/mol. The average molecular weight is 535 g/mol. The predicted molar refractivity (Wildman–Crippen MR) is 146 cm³/mol. The van der Waals surface area contributed by atoms with Gasteiger partial charge < -0.3 is 18.9 Å². The Kier molecular flexibility index (Phi) is 10.5. The third kappa shape index (κ3) is 8.52. The predicted octanol–water partition coefficient (Wildman–Crippen LogP) is 6.43. The Morgan fingerprint density at radius 1 is 0.816 bits per heavy atom. The van der Waals surface area contributed by atoms with E-state index in [-0.39, 0.29) is 5.97 Å². The van der Waals surface area contributed by atoms with E-state index in [0.717, 1.165) is 29.1 Å². The zero-order valence-electron chi connectivity index (χ0n) is 21.7. The van der Waals surface area contributed by atoms with Crippen molar-refractivity contribution in [2.24, 2.45) is 0 Å². The third-order valence-electron chi connectivity index (χ3n) is 5.31. The van der Waals surface area contributed by atoms with E-state index < -0.39 is 11.9 Å². The molecule has 7 nitrogen and oxygen atoms in total. The van der Waals surface area contributed by atoms with Gasteiger partial charge in [-0.2, -0.15) is 0 Å². The second-order valence-corrected chi connectivity index (χ2v) is 9.59. The van der Waals surface area contributed by atoms with Gasteiger partial charge in [0.2, 0.25) is 0 Å². The fraction of sp³-hybridized carbons (Fsp3) is 0.233. The highest BCUT2D eigenvalue weighted by atomic mass is 32.2. The maximum absolute atomic E-state index is 12.7. The van der Waals surface area contributed by atoms with Crippen LogP contribution in [0.5, 0.6) is 17.2 Å². The number of rotatable bonds is 12. The van der Waals surface area contributed by atoms with E-state index in [1.54, 1.807) is 74.3 Å². The minimum absolute atomic E-state index is 0.298. The van der Waals surface area contributed by atoms with Crippen LogP contribution in [0.15, 0.2) is 83.8 Å². The number of carbonyl (C=O) groups is 3. The van der Waals surface area contributed by atoms with E-state index in [1.165, 1.54) is 0 Å². The fourth-order valence-electron chi connectivity index (χ4n) is 3.19. The van der Waals surface area contributed by atoms with Crippen LogP contribution in [-0.2, 0) is 9.53 Å². The summed E-state index contributed by atoms with van der Waals surface area (Å²) < 4.78 is 21.4. The SMILES string of the molecule is C=C(C)C(=O)OCCCCSc1ccc(C(=O)Oc2ccc(C(=O)Oc3ccc(C)cc3)cc2)cc1OC. The molecule has 8 heteroatoms. The molecule has 0 aromatic heterocycles. The highest BCUT2D eigenvalue weighted by Gasteiger charge is 2.14. The van der Waals surface area contributed by atoms with Gasteiger partial charge >= 0.3 is 17.9 Å². The maximum Gasteiger partial charge on any atom is 0.343 e. The summed E-state index contributed by atoms with van der Waals surface area (Å²) >= 11 is 1.59. The topological polar surface area (TPSA) is 88.1 Å². The molecule has 0 aliphatic rings. The lowest BCUT2D eigenvalue weighted by Crippen LogP contribution is -2.10. The summed E-state index contributed by atoms with van der Waals surface area (Å²) in [5.41, 5.74) is 2.12. The summed E-state index contributed by atoms with van der Waals surface area (Å²) in [5.74, 6) is 0.684. The van der Waals surface area contributed by atoms with Gasteiger partial charge in [-0.05, 0) is 87.0 Å². The summed E-state index contributed by atoms with van der Waals surface area (Å²) in [6.45, 7) is 7.47. The largest absolute Gasteiger partial charge is 0.496 e. The lowest BCUT2D eigenvalue weighted by molar-refractivity contribution is -0.139. The first-order valence-corrected chi connectivity index (χ1v) is 13.0. The second kappa shape index (κ2) is 14.0. The second-order valence-electron chi connectivity index (χ2n) is 8.45. The van der Waals surface area contributed by atoms with Crippen LogP contribution in [0.4, 0.5) is 0 Å². The van der Waals surface area contributed by atoms with E-state index >= 15 is 0 Å². The monoisotopic (exact) mass is 534 g/mol. The lowest BCUT2D eigenvalue weighted by atomic mass is 10.2. The van der Waals surface area contributed by atoms with Crippen LogP contribution in [0.2, 0.25) is 0 Å². The molecule has 3 rings (SSSR count). The van der Waals surface area contributed by atoms with Gasteiger partial charge in [-0.1, -0.05) is 24.3 Å². The van der Waals surface area contributed by atoms with Crippen LogP contribution >= 0.6 is 11.8 Å². The number of esters is 3. The minimum Gasteiger partial charge on any atom is -0.496 e. The zero-order valence-corrected chi connectivity index (χ0v) is 22.5. The quantitative estimate of drug-likeness (QED) is 0.0863. The summed E-state index contributed by atoms with van der Waals surface area (Å²) in [5, 5.41) is 0. The highest BCUT2D eigenvalue weighted by molar-refractivity contribution is 7.99. The minimum atomic E-state index is -0.547. The van der Waals surface area contributed by atoms with E-state index in [2.05, 4.69) is 6.58 Å². The number of carbonyl (C=O) groups excluding carboxylic acids is 3. The first-order chi connectivity index (χ1) is 18.3. The Morgan fingerprint density at radius 2 is 1.39 bits per heavy atom. The Bertz CT molecular complexity index is 1280. The fourth-order valence-corrected chi connectivity index (χ4v) is 4.20. The standard InChI is InChI=1S/C30H30O7S/c1-20(2)28(31)35-17-5-6-18-38-27-16-11-23(19-26(27)34-4)30(33)37-25-14-9-22(10-15-25)29(32)36-24-12-7-21(3)8-13-24/h7-16,19H,1,5-6,17-18H2,2-4H3. The Labute approximate surface area is 226 Å². The third-order valence-corrected chi connectivity index (χ3v) is 6.45. The molecule has 198 valence electrons. The molecule has 0 saturated carbocycles. The van der Waals surface area contributed by atoms with Crippen molar-refractivity contribution in [3.8, 4) is 17.2 Å². The first kappa shape index (κ1) is 28.5. The summed E-state index contributed by atoms with van der Waals surface area (Å²) in [6, 6.07) is 18.5. The molecule has 0 spiro atoms. The van der Waals surface area contributed by atoms with Crippen molar-refractivity contribution in [3.05, 3.63) is 95.6 Å². The molecule has 0 radical (unpaired) electrons. The average Bonchev–Trinajstić information content (AvgIpc) is 2.92. The maximum atomic E-state index is 12.7. The molecular formula is C30H30O7S. The molecule has 0 bridgehead atoms. The molecule has 0 heterocycles. The van der Waals surface area contributed by atoms with Gasteiger partial charge in [-0.15, -0.1) is 11.8 Å². The van der Waals surface area contributed by atoms with Crippen LogP contribution < -0.4 is 14.2 Å². The van der Waals surface area contributed by atoms with Crippen molar-refractivity contribution in [1.82, 2.24) is 0 Å². The molecule has 0 aliphatic carbocycles. The van der Waals surface area contributed by atoms with E-state index in [9.17, 15) is 14.4 Å². The van der Waals surface area contributed by atoms with Gasteiger partial charge in [0.1, 0.15) is 17.2 Å². The molecule has 3 aromatic carbocycles. The van der Waals surface area contributed by atoms with Gasteiger partial charge in [0.25, 0.3) is 0 Å². The van der Waals surface area contributed by atoms with Crippen LogP contribution in [0, 0.1) is 6.92 Å². The summed E-state index contributed by atoms with van der Waals surface area (Å²) in [4.78, 5) is 37.3. The Hall–Kier alpha value is -4.04. The molecule has 0 amide bonds. The lowest BCUT2D eigenvalue weighted by Gasteiger charge is -2.11. The number of aryl methyl sites for hydroxylation is 1. The van der Waals surface area contributed by atoms with Crippen molar-refractivity contribution < 1.29 is 33.3 Å². The molecule has 3 aromatic rings. The molecule has 0 fully saturated rings. The number of methoxy groups -OCH3 is 1. The smallest absolute Gasteiger partial charge is 0.343 e. The van der Waals surface area contributed by atoms with Crippen molar-refractivity contribution in [2.45, 2.75) is 31.6 Å². The molecule has 0 unspecified atom stereocenters. The van der Waals surface area contributed by atoms with Crippen LogP contribution in [0.1, 0.15) is 46.0 Å². The number of hydrogen-bond donors (Lipinski definition) is 0. The van der Waals surface area contributed by atoms with Gasteiger partial charge in [-0.25, -0.2) is 14.4 Å². The highest BCUT2D eigenvalue weighted by Crippen LogP contribution is 2.31. The Balaban J connectivity index is 1.51. The van der Waals surface area contributed by atoms with Crippen molar-refractivity contribution in [3.63, 3.8) is 0 Å². The van der Waals surface area contributed by atoms with Gasteiger partial charge in [0.05, 0.1) is 24.8 Å². The number of ether oxygens (including phenoxy) is 4. The van der Waals surface area contributed by atoms with Crippen molar-refractivity contribution >= 4 is 29.7 Å². The van der Waals surface area contributed by atoms with Crippen LogP contribution in [0.3, 0.4) is 0 Å². The van der Waals surface area contributed by atoms with Gasteiger partial charge in [0.15, 0.2) is 0 Å². The zero-order chi connectivity index (χ0) is 27.5. The van der Waals surface area contributed by atoms with E-state index in [4.69, 9.17) is 18.9 Å². The number of unbranched alkanes of at least 4 members (excludes halogenated alkanes) is 1. The molecule has 0 N–H and O–H groups in total. The van der Waals surface area contributed by atoms with E-state index in [0.29, 0.717) is 40.6 Å². The van der Waals surface area contributed by atoms with Crippen LogP contribution in [0.25, 0.3) is 0 Å². The van der Waals surface area contributed by atoms with Crippen molar-refractivity contribution in [1.29, 1.82) is 0 Å². The summed E-state index contributed by atoms with van der Waals surface area (Å²) in [7, 11) is 1.54.